The van der Waals surface area contributed by atoms with Gasteiger partial charge in [0.2, 0.25) is 5.75 Å². The first kappa shape index (κ1) is 16.8. The highest BCUT2D eigenvalue weighted by atomic mass is 16.5. The Kier molecular flexibility index (Phi) is 4.60. The van der Waals surface area contributed by atoms with E-state index in [1.54, 1.807) is 12.3 Å². The maximum atomic E-state index is 12.9. The molecular weight excluding hydrogens is 324 g/mol. The van der Waals surface area contributed by atoms with E-state index in [0.717, 1.165) is 12.4 Å². The van der Waals surface area contributed by atoms with Gasteiger partial charge in [-0.05, 0) is 13.0 Å². The molecule has 0 saturated heterocycles. The zero-order valence-electron chi connectivity index (χ0n) is 14.6. The third kappa shape index (κ3) is 2.79. The van der Waals surface area contributed by atoms with Crippen LogP contribution in [-0.4, -0.2) is 40.4 Å². The van der Waals surface area contributed by atoms with Gasteiger partial charge in [-0.25, -0.2) is 9.97 Å². The molecule has 2 heterocycles. The first-order chi connectivity index (χ1) is 12.1. The number of methoxy groups -OCH3 is 3. The van der Waals surface area contributed by atoms with E-state index < -0.39 is 0 Å². The number of benzene rings is 1. The van der Waals surface area contributed by atoms with Gasteiger partial charge >= 0.3 is 0 Å². The Morgan fingerprint density at radius 3 is 2.44 bits per heavy atom. The summed E-state index contributed by atoms with van der Waals surface area (Å²) in [6.45, 7) is 3.14. The van der Waals surface area contributed by atoms with Crippen LogP contribution in [0.15, 0.2) is 29.6 Å². The molecule has 0 radical (unpaired) electrons. The molecule has 0 unspecified atom stereocenters. The van der Waals surface area contributed by atoms with Gasteiger partial charge in [0, 0.05) is 18.9 Å². The van der Waals surface area contributed by atoms with Crippen LogP contribution in [0.25, 0.3) is 10.9 Å². The van der Waals surface area contributed by atoms with Crippen LogP contribution in [0.1, 0.15) is 12.7 Å². The second-order valence-corrected chi connectivity index (χ2v) is 5.35. The predicted molar refractivity (Wildman–Crippen MR) is 92.7 cm³/mol. The Hall–Kier alpha value is -3.03. The lowest BCUT2D eigenvalue weighted by atomic mass is 10.2. The molecule has 8 nitrogen and oxygen atoms in total. The number of fused-ring (bicyclic) bond motifs is 1. The summed E-state index contributed by atoms with van der Waals surface area (Å²) in [4.78, 5) is 21.6. The SMILES string of the molecule is CCn1ccnc1Cn1cnc2c(OC)c(OC)c(OC)cc2c1=O. The lowest BCUT2D eigenvalue weighted by molar-refractivity contribution is 0.326. The van der Waals surface area contributed by atoms with E-state index in [4.69, 9.17) is 14.2 Å². The van der Waals surface area contributed by atoms with Crippen LogP contribution in [-0.2, 0) is 13.1 Å². The monoisotopic (exact) mass is 344 g/mol. The van der Waals surface area contributed by atoms with E-state index in [0.29, 0.717) is 34.7 Å². The van der Waals surface area contributed by atoms with Gasteiger partial charge in [0.1, 0.15) is 11.3 Å². The summed E-state index contributed by atoms with van der Waals surface area (Å²) in [6, 6.07) is 1.62. The Morgan fingerprint density at radius 1 is 1.04 bits per heavy atom. The molecule has 1 aromatic carbocycles. The van der Waals surface area contributed by atoms with Crippen LogP contribution >= 0.6 is 0 Å². The van der Waals surface area contributed by atoms with Crippen molar-refractivity contribution >= 4 is 10.9 Å². The normalized spacial score (nSPS) is 10.9. The highest BCUT2D eigenvalue weighted by Gasteiger charge is 2.19. The molecule has 25 heavy (non-hydrogen) atoms. The molecule has 0 aliphatic heterocycles. The van der Waals surface area contributed by atoms with Gasteiger partial charge < -0.3 is 18.8 Å². The second-order valence-electron chi connectivity index (χ2n) is 5.35. The van der Waals surface area contributed by atoms with Crippen LogP contribution in [0.5, 0.6) is 17.2 Å². The van der Waals surface area contributed by atoms with Crippen molar-refractivity contribution in [3.63, 3.8) is 0 Å². The molecule has 0 amide bonds. The average Bonchev–Trinajstić information content (AvgIpc) is 3.09. The lowest BCUT2D eigenvalue weighted by Crippen LogP contribution is -2.23. The molecule has 3 rings (SSSR count). The average molecular weight is 344 g/mol. The first-order valence-electron chi connectivity index (χ1n) is 7.82. The molecule has 0 aliphatic carbocycles. The molecule has 3 aromatic rings. The summed E-state index contributed by atoms with van der Waals surface area (Å²) in [5, 5.41) is 0.395. The predicted octanol–water partition coefficient (Wildman–Crippen LogP) is 1.69. The smallest absolute Gasteiger partial charge is 0.261 e. The molecule has 8 heteroatoms. The highest BCUT2D eigenvalue weighted by Crippen LogP contribution is 2.41. The molecule has 132 valence electrons. The van der Waals surface area contributed by atoms with Crippen molar-refractivity contribution in [1.29, 1.82) is 0 Å². The number of imidazole rings is 1. The van der Waals surface area contributed by atoms with E-state index in [-0.39, 0.29) is 5.56 Å². The van der Waals surface area contributed by atoms with Crippen LogP contribution in [0.4, 0.5) is 0 Å². The van der Waals surface area contributed by atoms with Crippen molar-refractivity contribution in [3.8, 4) is 17.2 Å². The molecule has 2 aromatic heterocycles. The zero-order valence-corrected chi connectivity index (χ0v) is 14.6. The van der Waals surface area contributed by atoms with Crippen molar-refractivity contribution < 1.29 is 14.2 Å². The fourth-order valence-corrected chi connectivity index (χ4v) is 2.81. The van der Waals surface area contributed by atoms with Crippen LogP contribution in [0.3, 0.4) is 0 Å². The molecule has 0 saturated carbocycles. The minimum Gasteiger partial charge on any atom is -0.493 e. The number of nitrogens with zero attached hydrogens (tertiary/aromatic N) is 4. The van der Waals surface area contributed by atoms with E-state index in [1.165, 1.54) is 32.2 Å². The van der Waals surface area contributed by atoms with Gasteiger partial charge in [-0.15, -0.1) is 0 Å². The number of ether oxygens (including phenoxy) is 3. The number of aromatic nitrogens is 4. The number of aryl methyl sites for hydroxylation is 1. The van der Waals surface area contributed by atoms with Crippen molar-refractivity contribution in [2.75, 3.05) is 21.3 Å². The largest absolute Gasteiger partial charge is 0.493 e. The van der Waals surface area contributed by atoms with Gasteiger partial charge in [-0.3, -0.25) is 9.36 Å². The molecule has 0 bridgehead atoms. The highest BCUT2D eigenvalue weighted by molar-refractivity contribution is 5.89. The van der Waals surface area contributed by atoms with Crippen LogP contribution in [0, 0.1) is 0 Å². The minimum absolute atomic E-state index is 0.199. The number of hydrogen-bond acceptors (Lipinski definition) is 6. The van der Waals surface area contributed by atoms with E-state index in [1.807, 2.05) is 17.7 Å². The minimum atomic E-state index is -0.199. The summed E-state index contributed by atoms with van der Waals surface area (Å²) < 4.78 is 19.6. The summed E-state index contributed by atoms with van der Waals surface area (Å²) in [5.41, 5.74) is 0.232. The lowest BCUT2D eigenvalue weighted by Gasteiger charge is -2.15. The van der Waals surface area contributed by atoms with Crippen molar-refractivity contribution in [2.24, 2.45) is 0 Å². The number of rotatable bonds is 6. The van der Waals surface area contributed by atoms with Crippen LogP contribution in [0.2, 0.25) is 0 Å². The molecular formula is C17H20N4O4. The standard InChI is InChI=1S/C17H20N4O4/c1-5-20-7-6-18-13(20)9-21-10-19-14-11(17(21)22)8-12(23-2)15(24-3)16(14)25-4/h6-8,10H,5,9H2,1-4H3. The van der Waals surface area contributed by atoms with Gasteiger partial charge in [-0.1, -0.05) is 0 Å². The third-order valence-corrected chi connectivity index (χ3v) is 4.08. The Bertz CT molecular complexity index is 961. The third-order valence-electron chi connectivity index (χ3n) is 4.08. The molecule has 0 spiro atoms. The van der Waals surface area contributed by atoms with Crippen LogP contribution < -0.4 is 19.8 Å². The fraction of sp³-hybridized carbons (Fsp3) is 0.353. The summed E-state index contributed by atoms with van der Waals surface area (Å²) >= 11 is 0. The fourth-order valence-electron chi connectivity index (χ4n) is 2.81. The van der Waals surface area contributed by atoms with Crippen molar-refractivity contribution in [2.45, 2.75) is 20.0 Å². The van der Waals surface area contributed by atoms with E-state index in [9.17, 15) is 4.79 Å². The molecule has 0 fully saturated rings. The second kappa shape index (κ2) is 6.84. The quantitative estimate of drug-likeness (QED) is 0.677. The van der Waals surface area contributed by atoms with Gasteiger partial charge in [0.15, 0.2) is 11.5 Å². The summed E-state index contributed by atoms with van der Waals surface area (Å²) in [7, 11) is 4.52. The summed E-state index contributed by atoms with van der Waals surface area (Å²) in [6.07, 6.45) is 5.09. The maximum absolute atomic E-state index is 12.9. The molecule has 0 atom stereocenters. The maximum Gasteiger partial charge on any atom is 0.261 e. The topological polar surface area (TPSA) is 80.4 Å². The zero-order chi connectivity index (χ0) is 18.0. The van der Waals surface area contributed by atoms with E-state index >= 15 is 0 Å². The van der Waals surface area contributed by atoms with E-state index in [2.05, 4.69) is 9.97 Å². The number of hydrogen-bond donors (Lipinski definition) is 0. The summed E-state index contributed by atoms with van der Waals surface area (Å²) in [5.74, 6) is 1.98. The van der Waals surface area contributed by atoms with Crippen molar-refractivity contribution in [1.82, 2.24) is 19.1 Å². The van der Waals surface area contributed by atoms with Gasteiger partial charge in [0.05, 0.1) is 39.6 Å². The van der Waals surface area contributed by atoms with Crippen molar-refractivity contribution in [3.05, 3.63) is 41.0 Å². The first-order valence-corrected chi connectivity index (χ1v) is 7.82. The van der Waals surface area contributed by atoms with Gasteiger partial charge in [-0.2, -0.15) is 0 Å². The van der Waals surface area contributed by atoms with Gasteiger partial charge in [0.25, 0.3) is 5.56 Å². The Labute approximate surface area is 144 Å². The molecule has 0 N–H and O–H groups in total. The Balaban J connectivity index is 2.18. The Morgan fingerprint density at radius 2 is 1.80 bits per heavy atom. The molecule has 0 aliphatic rings.